The number of anilines is 1. The molecule has 0 spiro atoms. The Morgan fingerprint density at radius 3 is 2.10 bits per heavy atom. The average Bonchev–Trinajstić information content (AvgIpc) is 2.64. The molecule has 0 amide bonds. The van der Waals surface area contributed by atoms with E-state index in [0.717, 1.165) is 23.3 Å². The summed E-state index contributed by atoms with van der Waals surface area (Å²) in [5.41, 5.74) is 7.95. The summed E-state index contributed by atoms with van der Waals surface area (Å²) in [6, 6.07) is 0.391. The number of nitrogens with zero attached hydrogens (tertiary/aromatic N) is 2. The first-order chi connectivity index (χ1) is 9.21. The first kappa shape index (κ1) is 15.4. The molecule has 1 aromatic rings. The highest BCUT2D eigenvalue weighted by atomic mass is 15.2. The Bertz CT molecular complexity index is 457. The minimum absolute atomic E-state index is 0.391. The third-order valence-corrected chi connectivity index (χ3v) is 5.01. The Balaban J connectivity index is 2.14. The average molecular weight is 277 g/mol. The van der Waals surface area contributed by atoms with Crippen LogP contribution in [-0.2, 0) is 0 Å². The van der Waals surface area contributed by atoms with Gasteiger partial charge in [0.1, 0.15) is 11.6 Å². The summed E-state index contributed by atoms with van der Waals surface area (Å²) in [5, 5.41) is 0. The molecule has 0 saturated heterocycles. The number of hydrogen-bond donors (Lipinski definition) is 1. The summed E-state index contributed by atoms with van der Waals surface area (Å²) in [4.78, 5) is 4.78. The van der Waals surface area contributed by atoms with Gasteiger partial charge in [-0.05, 0) is 57.8 Å². The fraction of sp³-hybridized carbons (Fsp3) is 0.824. The maximum Gasteiger partial charge on any atom is 0.127 e. The van der Waals surface area contributed by atoms with Crippen molar-refractivity contribution in [1.29, 1.82) is 0 Å². The first-order valence-corrected chi connectivity index (χ1v) is 8.06. The number of nitrogens with two attached hydrogens (primary N) is 1. The van der Waals surface area contributed by atoms with Gasteiger partial charge in [-0.25, -0.2) is 4.98 Å². The van der Waals surface area contributed by atoms with Crippen molar-refractivity contribution in [1.82, 2.24) is 9.55 Å². The highest BCUT2D eigenvalue weighted by Gasteiger charge is 2.32. The zero-order valence-electron chi connectivity index (χ0n) is 14.0. The molecule has 2 N–H and O–H groups in total. The Morgan fingerprint density at radius 1 is 1.15 bits per heavy atom. The van der Waals surface area contributed by atoms with Crippen molar-refractivity contribution in [2.45, 2.75) is 79.2 Å². The molecule has 1 fully saturated rings. The van der Waals surface area contributed by atoms with Crippen molar-refractivity contribution in [3.8, 4) is 0 Å². The number of rotatable bonds is 2. The molecule has 1 heterocycles. The third-order valence-electron chi connectivity index (χ3n) is 5.01. The zero-order chi connectivity index (χ0) is 15.1. The van der Waals surface area contributed by atoms with Crippen molar-refractivity contribution in [3.63, 3.8) is 0 Å². The molecule has 0 aliphatic heterocycles. The molecule has 0 unspecified atom stereocenters. The van der Waals surface area contributed by atoms with Crippen LogP contribution >= 0.6 is 0 Å². The molecule has 114 valence electrons. The predicted molar refractivity (Wildman–Crippen MR) is 85.9 cm³/mol. The Morgan fingerprint density at radius 2 is 1.70 bits per heavy atom. The van der Waals surface area contributed by atoms with Gasteiger partial charge in [0, 0.05) is 12.0 Å². The van der Waals surface area contributed by atoms with Crippen LogP contribution in [0.25, 0.3) is 0 Å². The molecule has 0 bridgehead atoms. The first-order valence-electron chi connectivity index (χ1n) is 8.06. The lowest BCUT2D eigenvalue weighted by molar-refractivity contribution is 0.168. The molecule has 0 aromatic carbocycles. The van der Waals surface area contributed by atoms with Gasteiger partial charge in [0.15, 0.2) is 0 Å². The van der Waals surface area contributed by atoms with Crippen LogP contribution < -0.4 is 5.73 Å². The lowest BCUT2D eigenvalue weighted by atomic mass is 9.69. The van der Waals surface area contributed by atoms with Gasteiger partial charge in [-0.15, -0.1) is 0 Å². The van der Waals surface area contributed by atoms with E-state index in [9.17, 15) is 0 Å². The largest absolute Gasteiger partial charge is 0.384 e. The van der Waals surface area contributed by atoms with Crippen LogP contribution in [0.15, 0.2) is 0 Å². The molecule has 3 nitrogen and oxygen atoms in total. The normalized spacial score (nSPS) is 24.4. The van der Waals surface area contributed by atoms with Gasteiger partial charge in [-0.2, -0.15) is 0 Å². The standard InChI is InChI=1S/C17H31N3/c1-11(2)20-12(3)19-15(16(20)18)13-7-9-14(10-8-13)17(4,5)6/h11,13-14H,7-10,18H2,1-6H3. The van der Waals surface area contributed by atoms with Gasteiger partial charge in [0.05, 0.1) is 5.69 Å². The second-order valence-electron chi connectivity index (χ2n) is 7.81. The SMILES string of the molecule is Cc1nc(C2CCC(C(C)(C)C)CC2)c(N)n1C(C)C. The van der Waals surface area contributed by atoms with E-state index in [1.807, 2.05) is 0 Å². The van der Waals surface area contributed by atoms with Crippen LogP contribution in [0.1, 0.15) is 83.8 Å². The van der Waals surface area contributed by atoms with Crippen molar-refractivity contribution < 1.29 is 0 Å². The van der Waals surface area contributed by atoms with E-state index in [4.69, 9.17) is 10.7 Å². The molecular formula is C17H31N3. The van der Waals surface area contributed by atoms with Gasteiger partial charge in [-0.3, -0.25) is 0 Å². The summed E-state index contributed by atoms with van der Waals surface area (Å²) in [7, 11) is 0. The molecule has 0 atom stereocenters. The maximum atomic E-state index is 6.36. The molecule has 20 heavy (non-hydrogen) atoms. The quantitative estimate of drug-likeness (QED) is 0.853. The van der Waals surface area contributed by atoms with Crippen LogP contribution in [0.4, 0.5) is 5.82 Å². The van der Waals surface area contributed by atoms with Crippen molar-refractivity contribution in [2.24, 2.45) is 11.3 Å². The van der Waals surface area contributed by atoms with Crippen LogP contribution in [-0.4, -0.2) is 9.55 Å². The molecule has 1 aliphatic rings. The monoisotopic (exact) mass is 277 g/mol. The Hall–Kier alpha value is -0.990. The number of hydrogen-bond acceptors (Lipinski definition) is 2. The molecule has 1 saturated carbocycles. The summed E-state index contributed by atoms with van der Waals surface area (Å²) in [6.07, 6.45) is 5.09. The fourth-order valence-electron chi connectivity index (χ4n) is 3.77. The number of aromatic nitrogens is 2. The van der Waals surface area contributed by atoms with Crippen molar-refractivity contribution in [3.05, 3.63) is 11.5 Å². The van der Waals surface area contributed by atoms with Crippen molar-refractivity contribution in [2.75, 3.05) is 5.73 Å². The second-order valence-corrected chi connectivity index (χ2v) is 7.81. The van der Waals surface area contributed by atoms with Crippen molar-refractivity contribution >= 4 is 5.82 Å². The summed E-state index contributed by atoms with van der Waals surface area (Å²) < 4.78 is 2.17. The van der Waals surface area contributed by atoms with Gasteiger partial charge in [-0.1, -0.05) is 20.8 Å². The molecule has 1 aliphatic carbocycles. The molecule has 3 heteroatoms. The van der Waals surface area contributed by atoms with Crippen LogP contribution in [0, 0.1) is 18.3 Å². The number of aryl methyl sites for hydroxylation is 1. The van der Waals surface area contributed by atoms with Crippen LogP contribution in [0.3, 0.4) is 0 Å². The molecule has 0 radical (unpaired) electrons. The van der Waals surface area contributed by atoms with E-state index in [1.54, 1.807) is 0 Å². The van der Waals surface area contributed by atoms with Gasteiger partial charge < -0.3 is 10.3 Å². The van der Waals surface area contributed by atoms with Crippen LogP contribution in [0.5, 0.6) is 0 Å². The van der Waals surface area contributed by atoms with Gasteiger partial charge in [0.2, 0.25) is 0 Å². The zero-order valence-corrected chi connectivity index (χ0v) is 14.0. The van der Waals surface area contributed by atoms with Gasteiger partial charge >= 0.3 is 0 Å². The number of nitrogen functional groups attached to an aromatic ring is 1. The lowest BCUT2D eigenvalue weighted by Gasteiger charge is -2.36. The fourth-order valence-corrected chi connectivity index (χ4v) is 3.77. The summed E-state index contributed by atoms with van der Waals surface area (Å²) in [5.74, 6) is 3.36. The minimum atomic E-state index is 0.391. The lowest BCUT2D eigenvalue weighted by Crippen LogP contribution is -2.25. The predicted octanol–water partition coefficient (Wildman–Crippen LogP) is 4.67. The van der Waals surface area contributed by atoms with E-state index in [-0.39, 0.29) is 0 Å². The van der Waals surface area contributed by atoms with E-state index in [2.05, 4.69) is 46.1 Å². The highest BCUT2D eigenvalue weighted by Crippen LogP contribution is 2.44. The summed E-state index contributed by atoms with van der Waals surface area (Å²) >= 11 is 0. The smallest absolute Gasteiger partial charge is 0.127 e. The van der Waals surface area contributed by atoms with Crippen LogP contribution in [0.2, 0.25) is 0 Å². The van der Waals surface area contributed by atoms with E-state index >= 15 is 0 Å². The van der Waals surface area contributed by atoms with Gasteiger partial charge in [0.25, 0.3) is 0 Å². The maximum absolute atomic E-state index is 6.36. The molecular weight excluding hydrogens is 246 g/mol. The highest BCUT2D eigenvalue weighted by molar-refractivity contribution is 5.41. The third kappa shape index (κ3) is 2.87. The Kier molecular flexibility index (Phi) is 4.17. The topological polar surface area (TPSA) is 43.8 Å². The molecule has 2 rings (SSSR count). The van der Waals surface area contributed by atoms with E-state index in [1.165, 1.54) is 25.7 Å². The minimum Gasteiger partial charge on any atom is -0.384 e. The van der Waals surface area contributed by atoms with E-state index < -0.39 is 0 Å². The molecule has 1 aromatic heterocycles. The summed E-state index contributed by atoms with van der Waals surface area (Å²) in [6.45, 7) is 13.5. The Labute approximate surface area is 124 Å². The second kappa shape index (κ2) is 5.42. The van der Waals surface area contributed by atoms with E-state index in [0.29, 0.717) is 17.4 Å². The number of imidazole rings is 1.